The van der Waals surface area contributed by atoms with Gasteiger partial charge in [-0.25, -0.2) is 0 Å². The average Bonchev–Trinajstić information content (AvgIpc) is 2.40. The van der Waals surface area contributed by atoms with Crippen molar-refractivity contribution in [2.75, 3.05) is 7.05 Å². The highest BCUT2D eigenvalue weighted by Crippen LogP contribution is 2.37. The Labute approximate surface area is 133 Å². The average molecular weight is 308 g/mol. The zero-order valence-corrected chi connectivity index (χ0v) is 14.0. The fourth-order valence-electron chi connectivity index (χ4n) is 3.07. The zero-order chi connectivity index (χ0) is 15.6. The Morgan fingerprint density at radius 2 is 2.00 bits per heavy atom. The minimum atomic E-state index is 0.0614. The summed E-state index contributed by atoms with van der Waals surface area (Å²) >= 11 is 6.32. The molecule has 0 unspecified atom stereocenters. The lowest BCUT2D eigenvalue weighted by molar-refractivity contribution is 0.123. The second kappa shape index (κ2) is 6.37. The van der Waals surface area contributed by atoms with Gasteiger partial charge in [0, 0.05) is 23.2 Å². The molecule has 1 aromatic carbocycles. The summed E-state index contributed by atoms with van der Waals surface area (Å²) in [5.41, 5.74) is 7.78. The Balaban J connectivity index is 2.00. The van der Waals surface area contributed by atoms with Crippen LogP contribution in [0, 0.1) is 10.8 Å². The third-order valence-electron chi connectivity index (χ3n) is 4.72. The third-order valence-corrected chi connectivity index (χ3v) is 5.07. The lowest BCUT2D eigenvalue weighted by Crippen LogP contribution is -2.36. The van der Waals surface area contributed by atoms with Crippen LogP contribution in [-0.4, -0.2) is 23.8 Å². The number of nitrogens with two attached hydrogens (primary N) is 1. The van der Waals surface area contributed by atoms with Crippen LogP contribution in [-0.2, 0) is 6.54 Å². The molecule has 3 nitrogen and oxygen atoms in total. The van der Waals surface area contributed by atoms with Crippen LogP contribution in [0.15, 0.2) is 18.2 Å². The predicted octanol–water partition coefficient (Wildman–Crippen LogP) is 4.02. The molecule has 0 aromatic heterocycles. The minimum Gasteiger partial charge on any atom is -0.384 e. The van der Waals surface area contributed by atoms with E-state index in [1.54, 1.807) is 6.07 Å². The summed E-state index contributed by atoms with van der Waals surface area (Å²) in [5, 5.41) is 8.15. The van der Waals surface area contributed by atoms with Crippen molar-refractivity contribution in [2.45, 2.75) is 52.1 Å². The highest BCUT2D eigenvalue weighted by Gasteiger charge is 2.28. The summed E-state index contributed by atoms with van der Waals surface area (Å²) in [5.74, 6) is 0.0614. The summed E-state index contributed by atoms with van der Waals surface area (Å²) in [4.78, 5) is 2.41. The van der Waals surface area contributed by atoms with Crippen molar-refractivity contribution in [3.63, 3.8) is 0 Å². The van der Waals surface area contributed by atoms with E-state index < -0.39 is 0 Å². The zero-order valence-electron chi connectivity index (χ0n) is 13.2. The van der Waals surface area contributed by atoms with Gasteiger partial charge >= 0.3 is 0 Å². The molecule has 0 amide bonds. The Morgan fingerprint density at radius 3 is 2.52 bits per heavy atom. The first-order valence-corrected chi connectivity index (χ1v) is 7.99. The number of nitrogen functional groups attached to an aromatic ring is 1. The number of hydrogen-bond acceptors (Lipinski definition) is 2. The topological polar surface area (TPSA) is 53.1 Å². The molecule has 4 heteroatoms. The van der Waals surface area contributed by atoms with Crippen LogP contribution in [0.1, 0.15) is 50.7 Å². The third kappa shape index (κ3) is 4.21. The molecule has 0 spiro atoms. The van der Waals surface area contributed by atoms with Crippen LogP contribution in [0.4, 0.5) is 0 Å². The molecule has 1 saturated carbocycles. The van der Waals surface area contributed by atoms with E-state index in [1.165, 1.54) is 25.7 Å². The number of rotatable bonds is 4. The van der Waals surface area contributed by atoms with E-state index >= 15 is 0 Å². The van der Waals surface area contributed by atoms with Crippen LogP contribution >= 0.6 is 11.6 Å². The standard InChI is InChI=1S/C17H26ClN3/c1-17(2)8-6-14(7-9-17)21(3)11-13-5-4-12(16(19)20)10-15(13)18/h4-5,10,14H,6-9,11H2,1-3H3,(H3,19,20). The smallest absolute Gasteiger partial charge is 0.122 e. The number of amidine groups is 1. The minimum absolute atomic E-state index is 0.0614. The van der Waals surface area contributed by atoms with Crippen molar-refractivity contribution in [3.8, 4) is 0 Å². The molecule has 0 bridgehead atoms. The number of nitrogens with zero attached hydrogens (tertiary/aromatic N) is 1. The number of nitrogens with one attached hydrogen (secondary N) is 1. The lowest BCUT2D eigenvalue weighted by Gasteiger charge is -2.38. The van der Waals surface area contributed by atoms with E-state index in [1.807, 2.05) is 12.1 Å². The van der Waals surface area contributed by atoms with Crippen molar-refractivity contribution in [1.29, 1.82) is 5.41 Å². The monoisotopic (exact) mass is 307 g/mol. The molecule has 2 rings (SSSR count). The molecular weight excluding hydrogens is 282 g/mol. The molecule has 116 valence electrons. The predicted molar refractivity (Wildman–Crippen MR) is 90.0 cm³/mol. The molecule has 1 aliphatic rings. The van der Waals surface area contributed by atoms with E-state index in [0.29, 0.717) is 22.0 Å². The Morgan fingerprint density at radius 1 is 1.38 bits per heavy atom. The molecule has 1 fully saturated rings. The first-order chi connectivity index (χ1) is 9.78. The van der Waals surface area contributed by atoms with Gasteiger partial charge in [0.25, 0.3) is 0 Å². The molecule has 0 saturated heterocycles. The molecule has 21 heavy (non-hydrogen) atoms. The Bertz CT molecular complexity index is 515. The summed E-state index contributed by atoms with van der Waals surface area (Å²) in [7, 11) is 2.18. The second-order valence-corrected chi connectivity index (χ2v) is 7.44. The SMILES string of the molecule is CN(Cc1ccc(C(=N)N)cc1Cl)C1CCC(C)(C)CC1. The van der Waals surface area contributed by atoms with Gasteiger partial charge in [-0.05, 0) is 49.8 Å². The van der Waals surface area contributed by atoms with Gasteiger partial charge in [0.1, 0.15) is 5.84 Å². The van der Waals surface area contributed by atoms with Crippen LogP contribution < -0.4 is 5.73 Å². The molecule has 1 aliphatic carbocycles. The molecule has 3 N–H and O–H groups in total. The van der Waals surface area contributed by atoms with E-state index in [2.05, 4.69) is 25.8 Å². The summed E-state index contributed by atoms with van der Waals surface area (Å²) in [6, 6.07) is 6.29. The fraction of sp³-hybridized carbons (Fsp3) is 0.588. The van der Waals surface area contributed by atoms with Crippen molar-refractivity contribution in [1.82, 2.24) is 4.90 Å². The van der Waals surface area contributed by atoms with E-state index in [9.17, 15) is 0 Å². The number of hydrogen-bond donors (Lipinski definition) is 2. The van der Waals surface area contributed by atoms with Gasteiger partial charge in [-0.1, -0.05) is 37.6 Å². The van der Waals surface area contributed by atoms with Gasteiger partial charge in [0.2, 0.25) is 0 Å². The maximum atomic E-state index is 7.45. The molecule has 0 radical (unpaired) electrons. The van der Waals surface area contributed by atoms with Crippen molar-refractivity contribution >= 4 is 17.4 Å². The van der Waals surface area contributed by atoms with Gasteiger partial charge in [-0.2, -0.15) is 0 Å². The second-order valence-electron chi connectivity index (χ2n) is 7.03. The van der Waals surface area contributed by atoms with Crippen LogP contribution in [0.3, 0.4) is 0 Å². The quantitative estimate of drug-likeness (QED) is 0.652. The Hall–Kier alpha value is -1.06. The summed E-state index contributed by atoms with van der Waals surface area (Å²) in [6.45, 7) is 5.57. The molecule has 1 aromatic rings. The van der Waals surface area contributed by atoms with Gasteiger partial charge in [0.05, 0.1) is 0 Å². The lowest BCUT2D eigenvalue weighted by atomic mass is 9.75. The van der Waals surface area contributed by atoms with Crippen LogP contribution in [0.2, 0.25) is 5.02 Å². The number of halogens is 1. The molecule has 0 atom stereocenters. The van der Waals surface area contributed by atoms with Crippen LogP contribution in [0.25, 0.3) is 0 Å². The first-order valence-electron chi connectivity index (χ1n) is 7.61. The maximum absolute atomic E-state index is 7.45. The van der Waals surface area contributed by atoms with E-state index in [-0.39, 0.29) is 5.84 Å². The number of benzene rings is 1. The highest BCUT2D eigenvalue weighted by molar-refractivity contribution is 6.31. The van der Waals surface area contributed by atoms with Gasteiger partial charge in [-0.15, -0.1) is 0 Å². The normalized spacial score (nSPS) is 18.9. The first kappa shape index (κ1) is 16.3. The van der Waals surface area contributed by atoms with Crippen molar-refractivity contribution in [3.05, 3.63) is 34.3 Å². The summed E-state index contributed by atoms with van der Waals surface area (Å²) < 4.78 is 0. The van der Waals surface area contributed by atoms with Crippen molar-refractivity contribution < 1.29 is 0 Å². The van der Waals surface area contributed by atoms with Gasteiger partial charge in [-0.3, -0.25) is 10.3 Å². The largest absolute Gasteiger partial charge is 0.384 e. The molecule has 0 aliphatic heterocycles. The Kier molecular flexibility index (Phi) is 4.95. The molecular formula is C17H26ClN3. The van der Waals surface area contributed by atoms with Gasteiger partial charge < -0.3 is 5.73 Å². The van der Waals surface area contributed by atoms with Crippen molar-refractivity contribution in [2.24, 2.45) is 11.1 Å². The fourth-order valence-corrected chi connectivity index (χ4v) is 3.31. The van der Waals surface area contributed by atoms with Crippen LogP contribution in [0.5, 0.6) is 0 Å². The molecule has 0 heterocycles. The van der Waals surface area contributed by atoms with Gasteiger partial charge in [0.15, 0.2) is 0 Å². The van der Waals surface area contributed by atoms with E-state index in [0.717, 1.165) is 12.1 Å². The highest BCUT2D eigenvalue weighted by atomic mass is 35.5. The van der Waals surface area contributed by atoms with E-state index in [4.69, 9.17) is 22.7 Å². The maximum Gasteiger partial charge on any atom is 0.122 e. The summed E-state index contributed by atoms with van der Waals surface area (Å²) in [6.07, 6.45) is 5.09.